The van der Waals surface area contributed by atoms with Crippen LogP contribution in [0.2, 0.25) is 0 Å². The Bertz CT molecular complexity index is 740. The summed E-state index contributed by atoms with van der Waals surface area (Å²) in [4.78, 5) is 7.99. The van der Waals surface area contributed by atoms with E-state index in [2.05, 4.69) is 9.97 Å². The number of nitrogen functional groups attached to an aromatic ring is 1. The predicted molar refractivity (Wildman–Crippen MR) is 74.5 cm³/mol. The highest BCUT2D eigenvalue weighted by Gasteiger charge is 2.45. The molecule has 4 N–H and O–H groups in total. The van der Waals surface area contributed by atoms with Crippen LogP contribution in [-0.2, 0) is 9.47 Å². The fraction of sp³-hybridized carbons (Fsp3) is 0.462. The molecule has 116 valence electrons. The van der Waals surface area contributed by atoms with Gasteiger partial charge in [0.25, 0.3) is 0 Å². The Hall–Kier alpha value is -2.25. The normalized spacial score (nSPS) is 28.1. The summed E-state index contributed by atoms with van der Waals surface area (Å²) in [5.74, 6) is 0.176. The van der Waals surface area contributed by atoms with Gasteiger partial charge < -0.3 is 30.0 Å². The quantitative estimate of drug-likeness (QED) is 0.666. The first-order valence-electron chi connectivity index (χ1n) is 6.60. The molecule has 2 aromatic rings. The number of hydrogen-bond donors (Lipinski definition) is 3. The smallest absolute Gasteiger partial charge is 0.164 e. The van der Waals surface area contributed by atoms with E-state index in [1.54, 1.807) is 0 Å². The number of nitrogens with zero attached hydrogens (tertiary/aromatic N) is 4. The molecule has 1 saturated heterocycles. The van der Waals surface area contributed by atoms with Gasteiger partial charge in [0.05, 0.1) is 17.6 Å². The van der Waals surface area contributed by atoms with Crippen molar-refractivity contribution in [2.75, 3.05) is 19.5 Å². The van der Waals surface area contributed by atoms with E-state index in [0.29, 0.717) is 11.0 Å². The molecular formula is C13H15N5O4. The number of rotatable bonds is 3. The fourth-order valence-electron chi connectivity index (χ4n) is 2.77. The van der Waals surface area contributed by atoms with Gasteiger partial charge in [-0.25, -0.2) is 9.97 Å². The number of fused-ring (bicyclic) bond motifs is 1. The number of hydrogen-bond acceptors (Lipinski definition) is 8. The second-order valence-corrected chi connectivity index (χ2v) is 4.96. The Labute approximate surface area is 125 Å². The van der Waals surface area contributed by atoms with Crippen LogP contribution in [0.5, 0.6) is 0 Å². The topological polar surface area (TPSA) is 139 Å². The molecule has 1 fully saturated rings. The summed E-state index contributed by atoms with van der Waals surface area (Å²) in [5.41, 5.74) is 6.46. The number of anilines is 1. The van der Waals surface area contributed by atoms with Gasteiger partial charge in [0.15, 0.2) is 6.23 Å². The third-order valence-corrected chi connectivity index (χ3v) is 3.79. The zero-order chi connectivity index (χ0) is 15.9. The van der Waals surface area contributed by atoms with Crippen molar-refractivity contribution in [2.24, 2.45) is 0 Å². The maximum absolute atomic E-state index is 10.4. The minimum Gasteiger partial charge on any atom is -0.394 e. The molecule has 2 aromatic heterocycles. The summed E-state index contributed by atoms with van der Waals surface area (Å²) in [6.45, 7) is -0.298. The molecule has 1 aliphatic rings. The summed E-state index contributed by atoms with van der Waals surface area (Å²) in [7, 11) is 1.43. The monoisotopic (exact) mass is 305 g/mol. The van der Waals surface area contributed by atoms with E-state index >= 15 is 0 Å². The van der Waals surface area contributed by atoms with Gasteiger partial charge in [0.2, 0.25) is 0 Å². The number of ether oxygens (including phenoxy) is 2. The van der Waals surface area contributed by atoms with Gasteiger partial charge in [-0.15, -0.1) is 0 Å². The fourth-order valence-corrected chi connectivity index (χ4v) is 2.77. The van der Waals surface area contributed by atoms with E-state index in [0.717, 1.165) is 0 Å². The first-order chi connectivity index (χ1) is 10.6. The van der Waals surface area contributed by atoms with Gasteiger partial charge in [-0.1, -0.05) is 0 Å². The standard InChI is InChI=1S/C13H15N5O4/c1-21-10-7(4-19)22-13(9(10)20)18-3-6(2-14)8-11(15)16-5-17-12(8)18/h3,5,7,9-10,13,19-20H,4H2,1H3,(H2,15,16,17)/t7-,9-,10-,13-/m1/s1. The van der Waals surface area contributed by atoms with Crippen molar-refractivity contribution in [3.05, 3.63) is 18.1 Å². The average molecular weight is 305 g/mol. The highest BCUT2D eigenvalue weighted by molar-refractivity contribution is 5.91. The molecule has 0 amide bonds. The second kappa shape index (κ2) is 5.51. The number of nitriles is 1. The molecule has 0 unspecified atom stereocenters. The molecule has 9 heteroatoms. The first kappa shape index (κ1) is 14.7. The van der Waals surface area contributed by atoms with Crippen molar-refractivity contribution >= 4 is 16.9 Å². The van der Waals surface area contributed by atoms with Crippen molar-refractivity contribution < 1.29 is 19.7 Å². The van der Waals surface area contributed by atoms with Crippen LogP contribution in [0, 0.1) is 11.3 Å². The lowest BCUT2D eigenvalue weighted by Crippen LogP contribution is -2.35. The van der Waals surface area contributed by atoms with Crippen LogP contribution in [0.3, 0.4) is 0 Å². The highest BCUT2D eigenvalue weighted by Crippen LogP contribution is 2.35. The van der Waals surface area contributed by atoms with E-state index in [1.165, 1.54) is 24.2 Å². The lowest BCUT2D eigenvalue weighted by Gasteiger charge is -2.18. The summed E-state index contributed by atoms with van der Waals surface area (Å²) in [6.07, 6.45) is -0.463. The van der Waals surface area contributed by atoms with E-state index in [4.69, 9.17) is 15.2 Å². The van der Waals surface area contributed by atoms with Crippen molar-refractivity contribution in [1.82, 2.24) is 14.5 Å². The summed E-state index contributed by atoms with van der Waals surface area (Å²) < 4.78 is 12.3. The van der Waals surface area contributed by atoms with Crippen LogP contribution in [0.4, 0.5) is 5.82 Å². The highest BCUT2D eigenvalue weighted by atomic mass is 16.6. The molecule has 1 aliphatic heterocycles. The predicted octanol–water partition coefficient (Wildman–Crippen LogP) is -0.849. The Morgan fingerprint density at radius 3 is 2.91 bits per heavy atom. The summed E-state index contributed by atoms with van der Waals surface area (Å²) >= 11 is 0. The molecule has 0 radical (unpaired) electrons. The van der Waals surface area contributed by atoms with Crippen LogP contribution in [0.25, 0.3) is 11.0 Å². The van der Waals surface area contributed by atoms with E-state index in [-0.39, 0.29) is 18.0 Å². The first-order valence-corrected chi connectivity index (χ1v) is 6.60. The maximum Gasteiger partial charge on any atom is 0.164 e. The van der Waals surface area contributed by atoms with E-state index in [1.807, 2.05) is 6.07 Å². The number of aromatic nitrogens is 3. The van der Waals surface area contributed by atoms with Gasteiger partial charge in [-0.3, -0.25) is 0 Å². The minimum absolute atomic E-state index is 0.176. The third kappa shape index (κ3) is 2.01. The van der Waals surface area contributed by atoms with E-state index in [9.17, 15) is 15.5 Å². The zero-order valence-electron chi connectivity index (χ0n) is 11.7. The summed E-state index contributed by atoms with van der Waals surface area (Å²) in [5, 5.41) is 29.4. The second-order valence-electron chi connectivity index (χ2n) is 4.96. The van der Waals surface area contributed by atoms with Crippen LogP contribution in [0.15, 0.2) is 12.5 Å². The number of nitrogens with two attached hydrogens (primary N) is 1. The van der Waals surface area contributed by atoms with Gasteiger partial charge in [-0.05, 0) is 0 Å². The van der Waals surface area contributed by atoms with Crippen LogP contribution < -0.4 is 5.73 Å². The molecule has 22 heavy (non-hydrogen) atoms. The zero-order valence-corrected chi connectivity index (χ0v) is 11.7. The van der Waals surface area contributed by atoms with Crippen LogP contribution >= 0.6 is 0 Å². The van der Waals surface area contributed by atoms with E-state index < -0.39 is 24.5 Å². The minimum atomic E-state index is -1.03. The number of aliphatic hydroxyl groups is 2. The van der Waals surface area contributed by atoms with Crippen molar-refractivity contribution in [2.45, 2.75) is 24.5 Å². The van der Waals surface area contributed by atoms with Crippen LogP contribution in [-0.4, -0.2) is 56.8 Å². The lowest BCUT2D eigenvalue weighted by atomic mass is 10.1. The van der Waals surface area contributed by atoms with Gasteiger partial charge in [0, 0.05) is 13.3 Å². The number of aliphatic hydroxyl groups excluding tert-OH is 2. The Kier molecular flexibility index (Phi) is 3.67. The van der Waals surface area contributed by atoms with Gasteiger partial charge >= 0.3 is 0 Å². The van der Waals surface area contributed by atoms with Gasteiger partial charge in [-0.2, -0.15) is 5.26 Å². The molecule has 0 aliphatic carbocycles. The molecule has 0 bridgehead atoms. The van der Waals surface area contributed by atoms with Crippen LogP contribution in [0.1, 0.15) is 11.8 Å². The van der Waals surface area contributed by atoms with Gasteiger partial charge in [0.1, 0.15) is 42.2 Å². The third-order valence-electron chi connectivity index (χ3n) is 3.79. The molecule has 4 atom stereocenters. The molecule has 0 aromatic carbocycles. The van der Waals surface area contributed by atoms with Crippen molar-refractivity contribution in [3.8, 4) is 6.07 Å². The van der Waals surface area contributed by atoms with Crippen molar-refractivity contribution in [3.63, 3.8) is 0 Å². The average Bonchev–Trinajstić information content (AvgIpc) is 3.05. The molecule has 0 saturated carbocycles. The molecule has 3 heterocycles. The maximum atomic E-state index is 10.4. The molecule has 9 nitrogen and oxygen atoms in total. The Morgan fingerprint density at radius 1 is 1.55 bits per heavy atom. The van der Waals surface area contributed by atoms with Crippen molar-refractivity contribution in [1.29, 1.82) is 5.26 Å². The Morgan fingerprint density at radius 2 is 2.32 bits per heavy atom. The summed E-state index contributed by atoms with van der Waals surface area (Å²) in [6, 6.07) is 2.02. The molecule has 3 rings (SSSR count). The number of methoxy groups -OCH3 is 1. The lowest BCUT2D eigenvalue weighted by molar-refractivity contribution is -0.0534. The Balaban J connectivity index is 2.12. The largest absolute Gasteiger partial charge is 0.394 e. The molecular weight excluding hydrogens is 290 g/mol. The SMILES string of the molecule is CO[C@H]1[C@@H](O)[C@H](n2cc(C#N)c3c(N)ncnc32)O[C@@H]1CO. The molecule has 0 spiro atoms.